The second kappa shape index (κ2) is 10.2. The number of rotatable bonds is 6. The largest absolute Gasteiger partial charge is 0.388 e. The molecule has 1 saturated carbocycles. The van der Waals surface area contributed by atoms with Crippen molar-refractivity contribution in [2.75, 3.05) is 18.5 Å². The molecular formula is C32H37F2N5. The number of fused-ring (bicyclic) bond motifs is 2. The summed E-state index contributed by atoms with van der Waals surface area (Å²) in [5.74, 6) is 0.499. The van der Waals surface area contributed by atoms with Crippen LogP contribution < -0.4 is 10.2 Å². The van der Waals surface area contributed by atoms with Crippen LogP contribution in [0.15, 0.2) is 49.4 Å². The average Bonchev–Trinajstić information content (AvgIpc) is 3.54. The summed E-state index contributed by atoms with van der Waals surface area (Å²) < 4.78 is 32.8. The number of hydrogen-bond donors (Lipinski definition) is 1. The maximum Gasteiger partial charge on any atom is 0.264 e. The highest BCUT2D eigenvalue weighted by Gasteiger charge is 2.28. The lowest BCUT2D eigenvalue weighted by Gasteiger charge is -2.34. The van der Waals surface area contributed by atoms with E-state index in [0.717, 1.165) is 53.1 Å². The molecule has 0 amide bonds. The number of benzene rings is 2. The van der Waals surface area contributed by atoms with E-state index in [1.54, 1.807) is 16.9 Å². The maximum absolute atomic E-state index is 14.5. The Bertz CT molecular complexity index is 1540. The van der Waals surface area contributed by atoms with E-state index >= 15 is 0 Å². The van der Waals surface area contributed by atoms with Gasteiger partial charge in [-0.25, -0.2) is 8.78 Å². The van der Waals surface area contributed by atoms with Crippen LogP contribution in [-0.2, 0) is 20.5 Å². The molecule has 3 heterocycles. The molecule has 7 heteroatoms. The van der Waals surface area contributed by atoms with Crippen molar-refractivity contribution in [3.05, 3.63) is 71.7 Å². The van der Waals surface area contributed by atoms with Gasteiger partial charge in [0, 0.05) is 79.2 Å². The Morgan fingerprint density at radius 2 is 1.85 bits per heavy atom. The molecule has 1 aliphatic carbocycles. The van der Waals surface area contributed by atoms with Gasteiger partial charge >= 0.3 is 0 Å². The third kappa shape index (κ3) is 4.52. The zero-order chi connectivity index (χ0) is 27.3. The van der Waals surface area contributed by atoms with Gasteiger partial charge in [-0.1, -0.05) is 25.8 Å². The number of aryl methyl sites for hydroxylation is 3. The monoisotopic (exact) mass is 529 g/mol. The summed E-state index contributed by atoms with van der Waals surface area (Å²) in [7, 11) is 5.83. The molecule has 0 saturated heterocycles. The van der Waals surface area contributed by atoms with Gasteiger partial charge in [0.1, 0.15) is 0 Å². The Hall–Kier alpha value is -3.61. The third-order valence-electron chi connectivity index (χ3n) is 8.69. The number of aromatic nitrogens is 3. The van der Waals surface area contributed by atoms with E-state index in [1.165, 1.54) is 48.6 Å². The number of nitrogens with zero attached hydrogens (tertiary/aromatic N) is 4. The van der Waals surface area contributed by atoms with Gasteiger partial charge in [-0.2, -0.15) is 5.10 Å². The lowest BCUT2D eigenvalue weighted by Crippen LogP contribution is -2.25. The minimum absolute atomic E-state index is 0.0613. The Morgan fingerprint density at radius 3 is 2.54 bits per heavy atom. The lowest BCUT2D eigenvalue weighted by atomic mass is 9.82. The Kier molecular flexibility index (Phi) is 6.69. The molecular weight excluding hydrogens is 492 g/mol. The van der Waals surface area contributed by atoms with Crippen molar-refractivity contribution in [3.63, 3.8) is 0 Å². The maximum atomic E-state index is 14.5. The molecule has 39 heavy (non-hydrogen) atoms. The van der Waals surface area contributed by atoms with Crippen LogP contribution in [0.4, 0.5) is 20.2 Å². The molecule has 0 atom stereocenters. The summed E-state index contributed by atoms with van der Waals surface area (Å²) in [6.07, 6.45) is 11.1. The van der Waals surface area contributed by atoms with E-state index in [4.69, 9.17) is 0 Å². The van der Waals surface area contributed by atoms with Crippen LogP contribution in [0, 0.1) is 0 Å². The fourth-order valence-corrected chi connectivity index (χ4v) is 6.73. The normalized spacial score (nSPS) is 16.2. The van der Waals surface area contributed by atoms with Gasteiger partial charge in [-0.15, -0.1) is 0 Å². The predicted octanol–water partition coefficient (Wildman–Crippen LogP) is 7.84. The molecule has 1 aliphatic heterocycles. The number of anilines is 2. The first-order chi connectivity index (χ1) is 18.9. The number of alkyl halides is 2. The predicted molar refractivity (Wildman–Crippen MR) is 156 cm³/mol. The van der Waals surface area contributed by atoms with Crippen molar-refractivity contribution in [2.24, 2.45) is 14.1 Å². The lowest BCUT2D eigenvalue weighted by molar-refractivity contribution is 0.152. The van der Waals surface area contributed by atoms with Gasteiger partial charge in [0.05, 0.1) is 11.7 Å². The molecule has 0 unspecified atom stereocenters. The second-order valence-corrected chi connectivity index (χ2v) is 11.2. The van der Waals surface area contributed by atoms with E-state index < -0.39 is 6.43 Å². The summed E-state index contributed by atoms with van der Waals surface area (Å²) in [6.45, 7) is 5.07. The van der Waals surface area contributed by atoms with Crippen molar-refractivity contribution in [3.8, 4) is 11.1 Å². The Morgan fingerprint density at radius 1 is 1.05 bits per heavy atom. The van der Waals surface area contributed by atoms with Crippen LogP contribution in [0.2, 0.25) is 0 Å². The topological polar surface area (TPSA) is 38.0 Å². The highest BCUT2D eigenvalue weighted by Crippen LogP contribution is 2.45. The zero-order valence-electron chi connectivity index (χ0n) is 23.1. The fraction of sp³-hybridized carbons (Fsp3) is 0.406. The average molecular weight is 530 g/mol. The van der Waals surface area contributed by atoms with Crippen molar-refractivity contribution < 1.29 is 8.78 Å². The fourth-order valence-electron chi connectivity index (χ4n) is 6.73. The molecule has 5 nitrogen and oxygen atoms in total. The van der Waals surface area contributed by atoms with Crippen LogP contribution in [0.1, 0.15) is 73.1 Å². The van der Waals surface area contributed by atoms with Crippen molar-refractivity contribution >= 4 is 28.0 Å². The van der Waals surface area contributed by atoms with Crippen LogP contribution >= 0.6 is 0 Å². The first-order valence-electron chi connectivity index (χ1n) is 14.1. The van der Waals surface area contributed by atoms with Gasteiger partial charge in [-0.3, -0.25) is 4.68 Å². The smallest absolute Gasteiger partial charge is 0.264 e. The number of hydrogen-bond acceptors (Lipinski definition) is 3. The van der Waals surface area contributed by atoms with E-state index in [9.17, 15) is 8.78 Å². The molecule has 204 valence electrons. The molecule has 2 aromatic heterocycles. The van der Waals surface area contributed by atoms with Gasteiger partial charge in [0.15, 0.2) is 0 Å². The van der Waals surface area contributed by atoms with Crippen LogP contribution in [0.3, 0.4) is 0 Å². The van der Waals surface area contributed by atoms with Crippen molar-refractivity contribution in [1.29, 1.82) is 0 Å². The molecule has 2 aliphatic rings. The van der Waals surface area contributed by atoms with Crippen molar-refractivity contribution in [2.45, 2.75) is 57.3 Å². The minimum atomic E-state index is -2.57. The van der Waals surface area contributed by atoms with Crippen LogP contribution in [0.5, 0.6) is 0 Å². The molecule has 2 aromatic carbocycles. The molecule has 1 N–H and O–H groups in total. The van der Waals surface area contributed by atoms with E-state index in [0.29, 0.717) is 11.5 Å². The molecule has 0 spiro atoms. The summed E-state index contributed by atoms with van der Waals surface area (Å²) >= 11 is 0. The molecule has 0 radical (unpaired) electrons. The minimum Gasteiger partial charge on any atom is -0.388 e. The quantitative estimate of drug-likeness (QED) is 0.277. The summed E-state index contributed by atoms with van der Waals surface area (Å²) in [6, 6.07) is 8.28. The summed E-state index contributed by atoms with van der Waals surface area (Å²) in [4.78, 5) is 2.27. The zero-order valence-corrected chi connectivity index (χ0v) is 23.1. The molecule has 6 rings (SSSR count). The van der Waals surface area contributed by atoms with E-state index in [-0.39, 0.29) is 5.56 Å². The standard InChI is InChI=1S/C32H37F2N5/c1-20(35-2)29-19-37(3)31-26(21-9-6-5-7-10-21)14-24(15-27(29)31)39-12-8-11-22-13-25(23-17-36-38(4)18-23)28(32(33)34)16-30(22)39/h13-19,21,32,35H,1,5-12H2,2-4H3. The van der Waals surface area contributed by atoms with Crippen molar-refractivity contribution in [1.82, 2.24) is 19.7 Å². The third-order valence-corrected chi connectivity index (χ3v) is 8.69. The summed E-state index contributed by atoms with van der Waals surface area (Å²) in [5.41, 5.74) is 9.04. The summed E-state index contributed by atoms with van der Waals surface area (Å²) in [5, 5.41) is 8.63. The Labute approximate surface area is 229 Å². The Balaban J connectivity index is 1.54. The first-order valence-corrected chi connectivity index (χ1v) is 14.1. The number of halogens is 2. The van der Waals surface area contributed by atoms with E-state index in [2.05, 4.69) is 51.8 Å². The van der Waals surface area contributed by atoms with E-state index in [1.807, 2.05) is 26.4 Å². The van der Waals surface area contributed by atoms with Gasteiger partial charge in [-0.05, 0) is 72.6 Å². The highest BCUT2D eigenvalue weighted by molar-refractivity contribution is 5.97. The van der Waals surface area contributed by atoms with Gasteiger partial charge in [0.2, 0.25) is 0 Å². The second-order valence-electron chi connectivity index (χ2n) is 11.2. The molecule has 4 aromatic rings. The van der Waals surface area contributed by atoms with Gasteiger partial charge in [0.25, 0.3) is 6.43 Å². The van der Waals surface area contributed by atoms with Gasteiger partial charge < -0.3 is 14.8 Å². The molecule has 0 bridgehead atoms. The number of nitrogens with one attached hydrogen (secondary N) is 1. The SMILES string of the molecule is C=C(NC)c1cn(C)c2c(C3CCCCC3)cc(N3CCCc4cc(-c5cnn(C)c5)c(C(F)F)cc43)cc12. The van der Waals surface area contributed by atoms with Crippen LogP contribution in [-0.4, -0.2) is 27.9 Å². The van der Waals surface area contributed by atoms with Crippen LogP contribution in [0.25, 0.3) is 27.7 Å². The first kappa shape index (κ1) is 25.7. The highest BCUT2D eigenvalue weighted by atomic mass is 19.3. The molecule has 1 fully saturated rings.